The summed E-state index contributed by atoms with van der Waals surface area (Å²) < 4.78 is 1.09. The van der Waals surface area contributed by atoms with Crippen molar-refractivity contribution >= 4 is 33.5 Å². The number of hydrogen-bond donors (Lipinski definition) is 2. The highest BCUT2D eigenvalue weighted by molar-refractivity contribution is 9.10. The minimum Gasteiger partial charge on any atom is -0.308 e. The highest BCUT2D eigenvalue weighted by Crippen LogP contribution is 2.29. The summed E-state index contributed by atoms with van der Waals surface area (Å²) in [6.45, 7) is 4.35. The highest BCUT2D eigenvalue weighted by atomic mass is 79.9. The first-order valence-electron chi connectivity index (χ1n) is 6.79. The Hall–Kier alpha value is -1.11. The zero-order valence-electron chi connectivity index (χ0n) is 12.1. The lowest BCUT2D eigenvalue weighted by molar-refractivity contribution is 0.632. The summed E-state index contributed by atoms with van der Waals surface area (Å²) in [6.07, 6.45) is 0.921. The fraction of sp³-hybridized carbons (Fsp3) is 0.333. The average molecular weight is 367 g/mol. The Morgan fingerprint density at radius 2 is 2.05 bits per heavy atom. The largest absolute Gasteiger partial charge is 0.308 e. The fourth-order valence-corrected chi connectivity index (χ4v) is 3.34. The molecule has 112 valence electrons. The molecule has 3 N–H and O–H groups in total. The second kappa shape index (κ2) is 7.77. The first-order chi connectivity index (χ1) is 10.1. The van der Waals surface area contributed by atoms with Crippen molar-refractivity contribution < 1.29 is 0 Å². The summed E-state index contributed by atoms with van der Waals surface area (Å²) in [5, 5.41) is 0. The van der Waals surface area contributed by atoms with Gasteiger partial charge < -0.3 is 5.43 Å². The zero-order chi connectivity index (χ0) is 15.2. The normalized spacial score (nSPS) is 10.9. The second-order valence-corrected chi connectivity index (χ2v) is 6.99. The second-order valence-electron chi connectivity index (χ2n) is 5.12. The van der Waals surface area contributed by atoms with Gasteiger partial charge in [0, 0.05) is 21.1 Å². The molecule has 21 heavy (non-hydrogen) atoms. The van der Waals surface area contributed by atoms with Crippen LogP contribution in [0.2, 0.25) is 0 Å². The molecule has 0 bridgehead atoms. The molecule has 0 saturated heterocycles. The Morgan fingerprint density at radius 3 is 2.71 bits per heavy atom. The molecular formula is C15H19BrN4S. The third-order valence-corrected chi connectivity index (χ3v) is 4.81. The van der Waals surface area contributed by atoms with Crippen LogP contribution in [0.25, 0.3) is 0 Å². The van der Waals surface area contributed by atoms with Crippen LogP contribution >= 0.6 is 27.7 Å². The third kappa shape index (κ3) is 4.98. The van der Waals surface area contributed by atoms with Crippen LogP contribution in [0.1, 0.15) is 25.4 Å². The molecule has 0 atom stereocenters. The van der Waals surface area contributed by atoms with E-state index >= 15 is 0 Å². The van der Waals surface area contributed by atoms with Crippen LogP contribution in [-0.2, 0) is 12.2 Å². The lowest BCUT2D eigenvalue weighted by atomic mass is 10.1. The van der Waals surface area contributed by atoms with Gasteiger partial charge in [0.15, 0.2) is 0 Å². The summed E-state index contributed by atoms with van der Waals surface area (Å²) in [6, 6.07) is 10.0. The van der Waals surface area contributed by atoms with E-state index in [4.69, 9.17) is 5.84 Å². The van der Waals surface area contributed by atoms with E-state index in [0.717, 1.165) is 22.4 Å². The summed E-state index contributed by atoms with van der Waals surface area (Å²) in [5.74, 6) is 8.22. The number of nitrogen functional groups attached to an aromatic ring is 1. The Balaban J connectivity index is 2.13. The maximum absolute atomic E-state index is 5.50. The van der Waals surface area contributed by atoms with Crippen LogP contribution < -0.4 is 11.3 Å². The van der Waals surface area contributed by atoms with Crippen molar-refractivity contribution in [1.29, 1.82) is 0 Å². The van der Waals surface area contributed by atoms with Gasteiger partial charge in [-0.2, -0.15) is 0 Å². The molecule has 2 aromatic rings. The van der Waals surface area contributed by atoms with E-state index in [2.05, 4.69) is 51.2 Å². The minimum atomic E-state index is 0.550. The van der Waals surface area contributed by atoms with Crippen molar-refractivity contribution in [2.24, 2.45) is 11.8 Å². The predicted molar refractivity (Wildman–Crippen MR) is 92.1 cm³/mol. The van der Waals surface area contributed by atoms with E-state index in [1.807, 2.05) is 24.3 Å². The first kappa shape index (κ1) is 16.3. The van der Waals surface area contributed by atoms with Gasteiger partial charge in [0.25, 0.3) is 0 Å². The Morgan fingerprint density at radius 1 is 1.29 bits per heavy atom. The summed E-state index contributed by atoms with van der Waals surface area (Å²) in [7, 11) is 0. The molecule has 1 aromatic carbocycles. The van der Waals surface area contributed by atoms with Crippen molar-refractivity contribution in [3.8, 4) is 0 Å². The van der Waals surface area contributed by atoms with E-state index < -0.39 is 0 Å². The standard InChI is InChI=1S/C15H19BrN4S/c1-10(2)7-11-8-14(20-17)19-15(18-11)9-21-13-6-4-3-5-12(13)16/h3-6,8,10H,7,9,17H2,1-2H3,(H,18,19,20). The van der Waals surface area contributed by atoms with Gasteiger partial charge in [-0.15, -0.1) is 11.8 Å². The number of hydrazine groups is 1. The molecule has 0 radical (unpaired) electrons. The van der Waals surface area contributed by atoms with Crippen molar-refractivity contribution in [1.82, 2.24) is 9.97 Å². The number of aromatic nitrogens is 2. The molecule has 0 amide bonds. The molecule has 0 aliphatic carbocycles. The van der Waals surface area contributed by atoms with Gasteiger partial charge >= 0.3 is 0 Å². The predicted octanol–water partition coefficient (Wildman–Crippen LogP) is 4.02. The number of thioether (sulfide) groups is 1. The van der Waals surface area contributed by atoms with Crippen LogP contribution in [0, 0.1) is 5.92 Å². The van der Waals surface area contributed by atoms with Crippen molar-refractivity contribution in [3.05, 3.63) is 46.3 Å². The van der Waals surface area contributed by atoms with E-state index in [1.54, 1.807) is 11.8 Å². The Labute approximate surface area is 138 Å². The van der Waals surface area contributed by atoms with Crippen LogP contribution in [0.4, 0.5) is 5.82 Å². The van der Waals surface area contributed by atoms with E-state index in [9.17, 15) is 0 Å². The summed E-state index contributed by atoms with van der Waals surface area (Å²) in [5.41, 5.74) is 3.64. The first-order valence-corrected chi connectivity index (χ1v) is 8.57. The maximum Gasteiger partial charge on any atom is 0.143 e. The molecule has 4 nitrogen and oxygen atoms in total. The van der Waals surface area contributed by atoms with Gasteiger partial charge in [-0.3, -0.25) is 0 Å². The molecule has 0 unspecified atom stereocenters. The van der Waals surface area contributed by atoms with Gasteiger partial charge in [0.2, 0.25) is 0 Å². The maximum atomic E-state index is 5.50. The lowest BCUT2D eigenvalue weighted by Crippen LogP contribution is -2.12. The summed E-state index contributed by atoms with van der Waals surface area (Å²) in [4.78, 5) is 10.2. The number of nitrogens with one attached hydrogen (secondary N) is 1. The Kier molecular flexibility index (Phi) is 6.02. The third-order valence-electron chi connectivity index (χ3n) is 2.78. The molecule has 0 saturated carbocycles. The summed E-state index contributed by atoms with van der Waals surface area (Å²) >= 11 is 5.26. The number of rotatable bonds is 6. The van der Waals surface area contributed by atoms with E-state index in [0.29, 0.717) is 17.5 Å². The van der Waals surface area contributed by atoms with Crippen molar-refractivity contribution in [3.63, 3.8) is 0 Å². The molecule has 2 rings (SSSR count). The number of nitrogens with two attached hydrogens (primary N) is 1. The average Bonchev–Trinajstić information content (AvgIpc) is 2.45. The van der Waals surface area contributed by atoms with Crippen LogP contribution in [0.5, 0.6) is 0 Å². The lowest BCUT2D eigenvalue weighted by Gasteiger charge is -2.09. The van der Waals surface area contributed by atoms with Crippen LogP contribution in [0.15, 0.2) is 39.7 Å². The quantitative estimate of drug-likeness (QED) is 0.459. The molecule has 0 fully saturated rings. The molecule has 1 heterocycles. The molecular weight excluding hydrogens is 348 g/mol. The van der Waals surface area contributed by atoms with E-state index in [-0.39, 0.29) is 0 Å². The molecule has 0 aliphatic heterocycles. The number of anilines is 1. The monoisotopic (exact) mass is 366 g/mol. The van der Waals surface area contributed by atoms with Gasteiger partial charge in [0.1, 0.15) is 11.6 Å². The SMILES string of the molecule is CC(C)Cc1cc(NN)nc(CSc2ccccc2Br)n1. The Bertz CT molecular complexity index is 604. The molecule has 6 heteroatoms. The number of nitrogens with zero attached hydrogens (tertiary/aromatic N) is 2. The van der Waals surface area contributed by atoms with Crippen LogP contribution in [0.3, 0.4) is 0 Å². The van der Waals surface area contributed by atoms with Crippen molar-refractivity contribution in [2.75, 3.05) is 5.43 Å². The van der Waals surface area contributed by atoms with Gasteiger partial charge in [-0.05, 0) is 40.4 Å². The van der Waals surface area contributed by atoms with Gasteiger partial charge in [-0.25, -0.2) is 15.8 Å². The topological polar surface area (TPSA) is 63.8 Å². The number of benzene rings is 1. The molecule has 0 spiro atoms. The number of halogens is 1. The highest BCUT2D eigenvalue weighted by Gasteiger charge is 2.08. The minimum absolute atomic E-state index is 0.550. The molecule has 1 aromatic heterocycles. The van der Waals surface area contributed by atoms with Crippen LogP contribution in [-0.4, -0.2) is 9.97 Å². The smallest absolute Gasteiger partial charge is 0.143 e. The fourth-order valence-electron chi connectivity index (χ4n) is 1.92. The zero-order valence-corrected chi connectivity index (χ0v) is 14.5. The van der Waals surface area contributed by atoms with Crippen molar-refractivity contribution in [2.45, 2.75) is 30.9 Å². The molecule has 0 aliphatic rings. The number of hydrogen-bond acceptors (Lipinski definition) is 5. The van der Waals surface area contributed by atoms with Gasteiger partial charge in [-0.1, -0.05) is 26.0 Å². The van der Waals surface area contributed by atoms with Gasteiger partial charge in [0.05, 0.1) is 5.75 Å². The van der Waals surface area contributed by atoms with E-state index in [1.165, 1.54) is 4.90 Å².